The SMILES string of the molecule is COc1ccc(-c2cncc(C(=O)NN=Cc3ccc(C(C)(C)C)cc3)n2)cc1. The van der Waals surface area contributed by atoms with Crippen LogP contribution >= 0.6 is 0 Å². The molecule has 3 rings (SSSR count). The van der Waals surface area contributed by atoms with Gasteiger partial charge < -0.3 is 4.74 Å². The molecule has 0 atom stereocenters. The van der Waals surface area contributed by atoms with Crippen LogP contribution in [0.3, 0.4) is 0 Å². The van der Waals surface area contributed by atoms with Gasteiger partial charge >= 0.3 is 0 Å². The van der Waals surface area contributed by atoms with Crippen LogP contribution in [0, 0.1) is 0 Å². The predicted molar refractivity (Wildman–Crippen MR) is 114 cm³/mol. The second kappa shape index (κ2) is 8.65. The average Bonchev–Trinajstić information content (AvgIpc) is 2.73. The zero-order valence-corrected chi connectivity index (χ0v) is 17.0. The standard InChI is InChI=1S/C23H24N4O2/c1-23(2,3)18-9-5-16(6-10-18)13-25-27-22(28)21-15-24-14-20(26-21)17-7-11-19(29-4)12-8-17/h5-15H,1-4H3,(H,27,28). The number of aromatic nitrogens is 2. The van der Waals surface area contributed by atoms with Crippen molar-refractivity contribution in [2.24, 2.45) is 5.10 Å². The highest BCUT2D eigenvalue weighted by atomic mass is 16.5. The minimum atomic E-state index is -0.421. The Kier molecular flexibility index (Phi) is 6.02. The number of amides is 1. The van der Waals surface area contributed by atoms with Crippen LogP contribution in [0.25, 0.3) is 11.3 Å². The Hall–Kier alpha value is -3.54. The molecule has 148 valence electrons. The van der Waals surface area contributed by atoms with Gasteiger partial charge in [0.15, 0.2) is 0 Å². The van der Waals surface area contributed by atoms with Gasteiger partial charge in [-0.3, -0.25) is 9.78 Å². The Morgan fingerprint density at radius 2 is 1.72 bits per heavy atom. The van der Waals surface area contributed by atoms with Crippen molar-refractivity contribution in [3.63, 3.8) is 0 Å². The molecule has 1 heterocycles. The van der Waals surface area contributed by atoms with E-state index in [4.69, 9.17) is 4.74 Å². The topological polar surface area (TPSA) is 76.5 Å². The maximum atomic E-state index is 12.4. The lowest BCUT2D eigenvalue weighted by atomic mass is 9.87. The normalized spacial score (nSPS) is 11.4. The highest BCUT2D eigenvalue weighted by Gasteiger charge is 2.12. The molecule has 0 saturated heterocycles. The van der Waals surface area contributed by atoms with Crippen LogP contribution in [0.5, 0.6) is 5.75 Å². The van der Waals surface area contributed by atoms with Gasteiger partial charge in [0, 0.05) is 5.56 Å². The van der Waals surface area contributed by atoms with Gasteiger partial charge in [-0.25, -0.2) is 10.4 Å². The van der Waals surface area contributed by atoms with Crippen LogP contribution in [0.4, 0.5) is 0 Å². The van der Waals surface area contributed by atoms with E-state index in [9.17, 15) is 4.79 Å². The van der Waals surface area contributed by atoms with Gasteiger partial charge in [0.1, 0.15) is 11.4 Å². The van der Waals surface area contributed by atoms with Crippen molar-refractivity contribution in [1.82, 2.24) is 15.4 Å². The highest BCUT2D eigenvalue weighted by molar-refractivity contribution is 5.93. The van der Waals surface area contributed by atoms with Crippen molar-refractivity contribution in [2.45, 2.75) is 26.2 Å². The number of nitrogens with one attached hydrogen (secondary N) is 1. The van der Waals surface area contributed by atoms with E-state index in [1.165, 1.54) is 11.8 Å². The number of nitrogens with zero attached hydrogens (tertiary/aromatic N) is 3. The van der Waals surface area contributed by atoms with E-state index in [1.807, 2.05) is 36.4 Å². The molecule has 6 heteroatoms. The first-order chi connectivity index (χ1) is 13.9. The molecule has 0 spiro atoms. The molecule has 2 aromatic carbocycles. The number of hydrogen-bond acceptors (Lipinski definition) is 5. The van der Waals surface area contributed by atoms with Gasteiger partial charge in [-0.2, -0.15) is 5.10 Å². The van der Waals surface area contributed by atoms with Crippen molar-refractivity contribution in [2.75, 3.05) is 7.11 Å². The fraction of sp³-hybridized carbons (Fsp3) is 0.217. The van der Waals surface area contributed by atoms with Crippen molar-refractivity contribution in [3.05, 3.63) is 77.7 Å². The fourth-order valence-corrected chi connectivity index (χ4v) is 2.67. The van der Waals surface area contributed by atoms with Crippen molar-refractivity contribution in [3.8, 4) is 17.0 Å². The van der Waals surface area contributed by atoms with E-state index in [2.05, 4.69) is 53.4 Å². The molecule has 0 bridgehead atoms. The summed E-state index contributed by atoms with van der Waals surface area (Å²) < 4.78 is 5.15. The minimum absolute atomic E-state index is 0.0947. The fourth-order valence-electron chi connectivity index (χ4n) is 2.67. The molecule has 3 aromatic rings. The van der Waals surface area contributed by atoms with E-state index in [1.54, 1.807) is 19.5 Å². The highest BCUT2D eigenvalue weighted by Crippen LogP contribution is 2.22. The van der Waals surface area contributed by atoms with E-state index in [0.717, 1.165) is 16.9 Å². The van der Waals surface area contributed by atoms with Crippen LogP contribution in [0.1, 0.15) is 42.4 Å². The van der Waals surface area contributed by atoms with Crippen LogP contribution in [-0.4, -0.2) is 29.2 Å². The molecule has 1 N–H and O–H groups in total. The summed E-state index contributed by atoms with van der Waals surface area (Å²) >= 11 is 0. The largest absolute Gasteiger partial charge is 0.497 e. The molecule has 0 aliphatic carbocycles. The molecule has 0 fully saturated rings. The van der Waals surface area contributed by atoms with Gasteiger partial charge in [0.05, 0.1) is 31.4 Å². The molecule has 1 aromatic heterocycles. The second-order valence-corrected chi connectivity index (χ2v) is 7.59. The smallest absolute Gasteiger partial charge is 0.291 e. The molecule has 0 aliphatic rings. The molecular formula is C23H24N4O2. The zero-order valence-electron chi connectivity index (χ0n) is 17.0. The summed E-state index contributed by atoms with van der Waals surface area (Å²) in [6.45, 7) is 6.49. The molecule has 1 amide bonds. The molecule has 0 unspecified atom stereocenters. The molecule has 0 saturated carbocycles. The Morgan fingerprint density at radius 3 is 2.34 bits per heavy atom. The van der Waals surface area contributed by atoms with Crippen LogP contribution < -0.4 is 10.2 Å². The summed E-state index contributed by atoms with van der Waals surface area (Å²) in [7, 11) is 1.61. The summed E-state index contributed by atoms with van der Waals surface area (Å²) in [4.78, 5) is 20.8. The summed E-state index contributed by atoms with van der Waals surface area (Å²) in [5, 5.41) is 4.03. The number of methoxy groups -OCH3 is 1. The maximum Gasteiger partial charge on any atom is 0.291 e. The lowest BCUT2D eigenvalue weighted by Gasteiger charge is -2.18. The maximum absolute atomic E-state index is 12.4. The number of ether oxygens (including phenoxy) is 1. The van der Waals surface area contributed by atoms with E-state index >= 15 is 0 Å². The first-order valence-electron chi connectivity index (χ1n) is 9.27. The Labute approximate surface area is 170 Å². The van der Waals surface area contributed by atoms with Crippen molar-refractivity contribution < 1.29 is 9.53 Å². The van der Waals surface area contributed by atoms with Crippen LogP contribution in [0.15, 0.2) is 66.0 Å². The molecule has 0 aliphatic heterocycles. The first kappa shape index (κ1) is 20.2. The molecular weight excluding hydrogens is 364 g/mol. The summed E-state index contributed by atoms with van der Waals surface area (Å²) in [6.07, 6.45) is 4.62. The zero-order chi connectivity index (χ0) is 20.9. The van der Waals surface area contributed by atoms with E-state index in [-0.39, 0.29) is 11.1 Å². The Bertz CT molecular complexity index is 1000. The predicted octanol–water partition coefficient (Wildman–Crippen LogP) is 4.21. The minimum Gasteiger partial charge on any atom is -0.497 e. The first-order valence-corrected chi connectivity index (χ1v) is 9.27. The number of carbonyl (C=O) groups excluding carboxylic acids is 1. The van der Waals surface area contributed by atoms with Crippen molar-refractivity contribution >= 4 is 12.1 Å². The van der Waals surface area contributed by atoms with Crippen LogP contribution in [-0.2, 0) is 5.41 Å². The Balaban J connectivity index is 1.67. The van der Waals surface area contributed by atoms with Gasteiger partial charge in [0.2, 0.25) is 0 Å². The number of carbonyl (C=O) groups is 1. The third-order valence-electron chi connectivity index (χ3n) is 4.41. The molecule has 6 nitrogen and oxygen atoms in total. The number of rotatable bonds is 5. The molecule has 0 radical (unpaired) electrons. The summed E-state index contributed by atoms with van der Waals surface area (Å²) in [6, 6.07) is 15.5. The summed E-state index contributed by atoms with van der Waals surface area (Å²) in [5.41, 5.74) is 6.37. The lowest BCUT2D eigenvalue weighted by Crippen LogP contribution is -2.19. The third kappa shape index (κ3) is 5.25. The van der Waals surface area contributed by atoms with Crippen LogP contribution in [0.2, 0.25) is 0 Å². The quantitative estimate of drug-likeness (QED) is 0.525. The number of hydrogen-bond donors (Lipinski definition) is 1. The molecule has 29 heavy (non-hydrogen) atoms. The monoisotopic (exact) mass is 388 g/mol. The van der Waals surface area contributed by atoms with E-state index < -0.39 is 5.91 Å². The number of hydrazone groups is 1. The van der Waals surface area contributed by atoms with Gasteiger partial charge in [-0.05, 0) is 40.8 Å². The lowest BCUT2D eigenvalue weighted by molar-refractivity contribution is 0.0950. The third-order valence-corrected chi connectivity index (χ3v) is 4.41. The Morgan fingerprint density at radius 1 is 1.03 bits per heavy atom. The van der Waals surface area contributed by atoms with E-state index in [0.29, 0.717) is 5.69 Å². The summed E-state index contributed by atoms with van der Waals surface area (Å²) in [5.74, 6) is 0.330. The second-order valence-electron chi connectivity index (χ2n) is 7.59. The number of benzene rings is 2. The van der Waals surface area contributed by atoms with Crippen molar-refractivity contribution in [1.29, 1.82) is 0 Å². The van der Waals surface area contributed by atoms with Gasteiger partial charge in [-0.15, -0.1) is 0 Å². The van der Waals surface area contributed by atoms with Gasteiger partial charge in [0.25, 0.3) is 5.91 Å². The average molecular weight is 388 g/mol. The van der Waals surface area contributed by atoms with Gasteiger partial charge in [-0.1, -0.05) is 45.0 Å².